The third-order valence-electron chi connectivity index (χ3n) is 3.79. The molecule has 0 aliphatic heterocycles. The van der Waals surface area contributed by atoms with E-state index in [1.54, 1.807) is 0 Å². The van der Waals surface area contributed by atoms with E-state index in [2.05, 4.69) is 4.72 Å². The molecule has 1 aromatic carbocycles. The van der Waals surface area contributed by atoms with E-state index in [0.29, 0.717) is 25.9 Å². The highest BCUT2D eigenvalue weighted by Gasteiger charge is 2.19. The van der Waals surface area contributed by atoms with Crippen LogP contribution in [0.25, 0.3) is 0 Å². The van der Waals surface area contributed by atoms with Crippen LogP contribution in [0.2, 0.25) is 0 Å². The summed E-state index contributed by atoms with van der Waals surface area (Å²) in [6, 6.07) is 6.04. The summed E-state index contributed by atoms with van der Waals surface area (Å²) in [5.41, 5.74) is 2.14. The Morgan fingerprint density at radius 1 is 1.16 bits per heavy atom. The summed E-state index contributed by atoms with van der Waals surface area (Å²) in [6.07, 6.45) is 1.98. The largest absolute Gasteiger partial charge is 0.493 e. The summed E-state index contributed by atoms with van der Waals surface area (Å²) in [5, 5.41) is 0. The first kappa shape index (κ1) is 21.5. The van der Waals surface area contributed by atoms with Crippen molar-refractivity contribution < 1.29 is 17.9 Å². The van der Waals surface area contributed by atoms with Gasteiger partial charge >= 0.3 is 0 Å². The molecule has 1 aromatic rings. The zero-order chi connectivity index (χ0) is 19.1. The highest BCUT2D eigenvalue weighted by Crippen LogP contribution is 2.20. The molecule has 1 amide bonds. The Labute approximate surface area is 152 Å². The first-order valence-corrected chi connectivity index (χ1v) is 10.4. The van der Waals surface area contributed by atoms with E-state index in [-0.39, 0.29) is 17.6 Å². The molecule has 0 aliphatic carbocycles. The van der Waals surface area contributed by atoms with Crippen LogP contribution in [0.4, 0.5) is 0 Å². The molecule has 142 valence electrons. The molecule has 0 aromatic heterocycles. The standard InChI is InChI=1S/C19H31NO4S/c1-15-9-10-16(2)17(14-15)24-12-7-6-8-18(21)20-25(22,23)13-11-19(3,4)5/h9-10,14H,6-8,11-13H2,1-5H3,(H,20,21). The van der Waals surface area contributed by atoms with Gasteiger partial charge < -0.3 is 4.74 Å². The number of carbonyl (C=O) groups is 1. The molecular weight excluding hydrogens is 338 g/mol. The van der Waals surface area contributed by atoms with Crippen LogP contribution in [0.15, 0.2) is 18.2 Å². The minimum absolute atomic E-state index is 0.0298. The average molecular weight is 370 g/mol. The lowest BCUT2D eigenvalue weighted by atomic mass is 9.94. The SMILES string of the molecule is Cc1ccc(C)c(OCCCCC(=O)NS(=O)(=O)CCC(C)(C)C)c1. The normalized spacial score (nSPS) is 12.0. The summed E-state index contributed by atoms with van der Waals surface area (Å²) in [4.78, 5) is 11.8. The van der Waals surface area contributed by atoms with E-state index in [1.807, 2.05) is 52.8 Å². The predicted octanol–water partition coefficient (Wildman–Crippen LogP) is 3.73. The number of rotatable bonds is 9. The van der Waals surface area contributed by atoms with Gasteiger partial charge in [0.15, 0.2) is 0 Å². The van der Waals surface area contributed by atoms with Gasteiger partial charge in [0.1, 0.15) is 5.75 Å². The molecule has 0 heterocycles. The highest BCUT2D eigenvalue weighted by atomic mass is 32.2. The zero-order valence-corrected chi connectivity index (χ0v) is 16.8. The minimum atomic E-state index is -3.54. The number of unbranched alkanes of at least 4 members (excludes halogenated alkanes) is 1. The first-order valence-electron chi connectivity index (χ1n) is 8.72. The molecule has 0 radical (unpaired) electrons. The van der Waals surface area contributed by atoms with E-state index in [0.717, 1.165) is 16.9 Å². The molecule has 5 nitrogen and oxygen atoms in total. The van der Waals surface area contributed by atoms with Crippen LogP contribution in [-0.2, 0) is 14.8 Å². The van der Waals surface area contributed by atoms with Gasteiger partial charge in [0.05, 0.1) is 12.4 Å². The second-order valence-electron chi connectivity index (χ2n) is 7.73. The summed E-state index contributed by atoms with van der Waals surface area (Å²) in [5.74, 6) is 0.382. The summed E-state index contributed by atoms with van der Waals surface area (Å²) in [6.45, 7) is 10.4. The molecular formula is C19H31NO4S. The molecule has 0 fully saturated rings. The maximum atomic E-state index is 11.9. The maximum absolute atomic E-state index is 11.9. The minimum Gasteiger partial charge on any atom is -0.493 e. The topological polar surface area (TPSA) is 72.5 Å². The molecule has 0 spiro atoms. The van der Waals surface area contributed by atoms with Crippen LogP contribution < -0.4 is 9.46 Å². The summed E-state index contributed by atoms with van der Waals surface area (Å²) in [7, 11) is -3.54. The predicted molar refractivity (Wildman–Crippen MR) is 101 cm³/mol. The smallest absolute Gasteiger partial charge is 0.234 e. The van der Waals surface area contributed by atoms with E-state index >= 15 is 0 Å². The fraction of sp³-hybridized carbons (Fsp3) is 0.632. The lowest BCUT2D eigenvalue weighted by molar-refractivity contribution is -0.119. The van der Waals surface area contributed by atoms with Crippen molar-refractivity contribution in [1.29, 1.82) is 0 Å². The number of nitrogens with one attached hydrogen (secondary N) is 1. The third kappa shape index (κ3) is 9.48. The number of hydrogen-bond acceptors (Lipinski definition) is 4. The Morgan fingerprint density at radius 2 is 1.84 bits per heavy atom. The molecule has 25 heavy (non-hydrogen) atoms. The van der Waals surface area contributed by atoms with Crippen molar-refractivity contribution in [1.82, 2.24) is 4.72 Å². The number of carbonyl (C=O) groups excluding carboxylic acids is 1. The number of aryl methyl sites for hydroxylation is 2. The Hall–Kier alpha value is -1.56. The fourth-order valence-electron chi connectivity index (χ4n) is 2.15. The van der Waals surface area contributed by atoms with Crippen molar-refractivity contribution in [2.24, 2.45) is 5.41 Å². The van der Waals surface area contributed by atoms with E-state index in [9.17, 15) is 13.2 Å². The van der Waals surface area contributed by atoms with Crippen LogP contribution in [0, 0.1) is 19.3 Å². The molecule has 0 aliphatic rings. The molecule has 6 heteroatoms. The van der Waals surface area contributed by atoms with Crippen LogP contribution >= 0.6 is 0 Å². The molecule has 0 bridgehead atoms. The zero-order valence-electron chi connectivity index (χ0n) is 16.0. The van der Waals surface area contributed by atoms with Crippen molar-refractivity contribution in [2.75, 3.05) is 12.4 Å². The van der Waals surface area contributed by atoms with Gasteiger partial charge in [-0.15, -0.1) is 0 Å². The van der Waals surface area contributed by atoms with Crippen molar-refractivity contribution in [2.45, 2.75) is 60.3 Å². The van der Waals surface area contributed by atoms with Crippen LogP contribution in [-0.4, -0.2) is 26.7 Å². The molecule has 1 rings (SSSR count). The second kappa shape index (κ2) is 9.22. The van der Waals surface area contributed by atoms with Crippen molar-refractivity contribution in [3.05, 3.63) is 29.3 Å². The lowest BCUT2D eigenvalue weighted by Crippen LogP contribution is -2.33. The van der Waals surface area contributed by atoms with E-state index in [4.69, 9.17) is 4.74 Å². The van der Waals surface area contributed by atoms with Gasteiger partial charge in [-0.1, -0.05) is 32.9 Å². The van der Waals surface area contributed by atoms with Crippen molar-refractivity contribution >= 4 is 15.9 Å². The van der Waals surface area contributed by atoms with Gasteiger partial charge in [-0.25, -0.2) is 8.42 Å². The number of ether oxygens (including phenoxy) is 1. The number of hydrogen-bond donors (Lipinski definition) is 1. The summed E-state index contributed by atoms with van der Waals surface area (Å²) >= 11 is 0. The molecule has 0 atom stereocenters. The van der Waals surface area contributed by atoms with Gasteiger partial charge in [-0.3, -0.25) is 9.52 Å². The van der Waals surface area contributed by atoms with Crippen LogP contribution in [0.3, 0.4) is 0 Å². The quantitative estimate of drug-likeness (QED) is 0.673. The van der Waals surface area contributed by atoms with Crippen LogP contribution in [0.1, 0.15) is 57.6 Å². The number of benzene rings is 1. The monoisotopic (exact) mass is 369 g/mol. The van der Waals surface area contributed by atoms with Gasteiger partial charge in [0.25, 0.3) is 0 Å². The van der Waals surface area contributed by atoms with Gasteiger partial charge in [0, 0.05) is 6.42 Å². The average Bonchev–Trinajstić information content (AvgIpc) is 2.47. The van der Waals surface area contributed by atoms with E-state index in [1.165, 1.54) is 0 Å². The molecule has 0 saturated carbocycles. The Bertz CT molecular complexity index is 675. The molecule has 1 N–H and O–H groups in total. The Kier molecular flexibility index (Phi) is 7.93. The van der Waals surface area contributed by atoms with Gasteiger partial charge in [-0.2, -0.15) is 0 Å². The van der Waals surface area contributed by atoms with Crippen molar-refractivity contribution in [3.63, 3.8) is 0 Å². The van der Waals surface area contributed by atoms with Crippen LogP contribution in [0.5, 0.6) is 5.75 Å². The van der Waals surface area contributed by atoms with E-state index < -0.39 is 15.9 Å². The highest BCUT2D eigenvalue weighted by molar-refractivity contribution is 7.90. The molecule has 0 unspecified atom stereocenters. The lowest BCUT2D eigenvalue weighted by Gasteiger charge is -2.17. The fourth-order valence-corrected chi connectivity index (χ4v) is 3.58. The second-order valence-corrected chi connectivity index (χ2v) is 9.57. The maximum Gasteiger partial charge on any atom is 0.234 e. The Morgan fingerprint density at radius 3 is 2.48 bits per heavy atom. The first-order chi connectivity index (χ1) is 11.5. The van der Waals surface area contributed by atoms with Gasteiger partial charge in [0.2, 0.25) is 15.9 Å². The molecule has 0 saturated heterocycles. The number of sulfonamides is 1. The van der Waals surface area contributed by atoms with Gasteiger partial charge in [-0.05, 0) is 55.7 Å². The number of amides is 1. The van der Waals surface area contributed by atoms with Crippen molar-refractivity contribution in [3.8, 4) is 5.75 Å². The Balaban J connectivity index is 2.27. The third-order valence-corrected chi connectivity index (χ3v) is 5.07. The summed E-state index contributed by atoms with van der Waals surface area (Å²) < 4.78 is 31.6.